The molecule has 90 valence electrons. The van der Waals surface area contributed by atoms with E-state index in [0.717, 1.165) is 13.1 Å². The summed E-state index contributed by atoms with van der Waals surface area (Å²) in [6, 6.07) is 8.91. The lowest BCUT2D eigenvalue weighted by atomic mass is 9.97. The van der Waals surface area contributed by atoms with E-state index in [1.165, 1.54) is 24.0 Å². The number of benzene rings is 1. The molecule has 0 aromatic heterocycles. The van der Waals surface area contributed by atoms with E-state index in [-0.39, 0.29) is 0 Å². The van der Waals surface area contributed by atoms with Crippen molar-refractivity contribution in [2.45, 2.75) is 47.1 Å². The summed E-state index contributed by atoms with van der Waals surface area (Å²) in [7, 11) is 0. The van der Waals surface area contributed by atoms with Gasteiger partial charge >= 0.3 is 0 Å². The first-order chi connectivity index (χ1) is 7.51. The van der Waals surface area contributed by atoms with Crippen LogP contribution < -0.4 is 5.32 Å². The van der Waals surface area contributed by atoms with Crippen LogP contribution in [0.4, 0.5) is 0 Å². The summed E-state index contributed by atoms with van der Waals surface area (Å²) in [4.78, 5) is 0. The molecule has 1 N–H and O–H groups in total. The average molecular weight is 219 g/mol. The van der Waals surface area contributed by atoms with Gasteiger partial charge in [0.25, 0.3) is 0 Å². The molecule has 0 aliphatic heterocycles. The predicted octanol–water partition coefficient (Wildman–Crippen LogP) is 3.77. The highest BCUT2D eigenvalue weighted by molar-refractivity contribution is 5.23. The highest BCUT2D eigenvalue weighted by atomic mass is 14.9. The van der Waals surface area contributed by atoms with Crippen molar-refractivity contribution in [3.8, 4) is 0 Å². The Hall–Kier alpha value is -0.820. The zero-order valence-electron chi connectivity index (χ0n) is 11.1. The topological polar surface area (TPSA) is 12.0 Å². The van der Waals surface area contributed by atoms with Crippen LogP contribution in [-0.4, -0.2) is 6.54 Å². The number of rotatable bonds is 5. The largest absolute Gasteiger partial charge is 0.312 e. The molecule has 0 spiro atoms. The molecule has 16 heavy (non-hydrogen) atoms. The summed E-state index contributed by atoms with van der Waals surface area (Å²) in [5.41, 5.74) is 3.22. The second kappa shape index (κ2) is 6.05. The molecule has 0 bridgehead atoms. The lowest BCUT2D eigenvalue weighted by Gasteiger charge is -2.18. The van der Waals surface area contributed by atoms with E-state index < -0.39 is 0 Å². The highest BCUT2D eigenvalue weighted by Gasteiger charge is 2.08. The third kappa shape index (κ3) is 5.32. The molecular formula is C15H25N. The minimum Gasteiger partial charge on any atom is -0.312 e. The molecule has 0 radical (unpaired) electrons. The molecule has 0 heterocycles. The second-order valence-corrected chi connectivity index (χ2v) is 5.73. The van der Waals surface area contributed by atoms with Gasteiger partial charge in [-0.05, 0) is 23.0 Å². The second-order valence-electron chi connectivity index (χ2n) is 5.73. The Morgan fingerprint density at radius 1 is 1.12 bits per heavy atom. The molecule has 0 fully saturated rings. The average Bonchev–Trinajstić information content (AvgIpc) is 2.17. The Morgan fingerprint density at radius 3 is 2.44 bits per heavy atom. The van der Waals surface area contributed by atoms with Gasteiger partial charge in [-0.1, -0.05) is 58.4 Å². The Labute approximate surface area is 100 Å². The van der Waals surface area contributed by atoms with Gasteiger partial charge in [-0.25, -0.2) is 0 Å². The third-order valence-electron chi connectivity index (χ3n) is 2.51. The van der Waals surface area contributed by atoms with Gasteiger partial charge in [0.05, 0.1) is 0 Å². The van der Waals surface area contributed by atoms with Gasteiger partial charge in [0, 0.05) is 13.1 Å². The van der Waals surface area contributed by atoms with Gasteiger partial charge in [0.1, 0.15) is 0 Å². The van der Waals surface area contributed by atoms with Crippen LogP contribution in [0.1, 0.15) is 45.2 Å². The van der Waals surface area contributed by atoms with Crippen molar-refractivity contribution < 1.29 is 0 Å². The molecule has 1 rings (SSSR count). The van der Waals surface area contributed by atoms with Gasteiger partial charge in [-0.3, -0.25) is 0 Å². The fraction of sp³-hybridized carbons (Fsp3) is 0.600. The molecule has 0 aliphatic carbocycles. The Bertz CT molecular complexity index is 309. The summed E-state index contributed by atoms with van der Waals surface area (Å²) in [6.07, 6.45) is 2.41. The van der Waals surface area contributed by atoms with Crippen molar-refractivity contribution in [2.75, 3.05) is 6.54 Å². The predicted molar refractivity (Wildman–Crippen MR) is 71.6 cm³/mol. The molecule has 0 aliphatic rings. The summed E-state index contributed by atoms with van der Waals surface area (Å²) >= 11 is 0. The van der Waals surface area contributed by atoms with Crippen LogP contribution >= 0.6 is 0 Å². The Morgan fingerprint density at radius 2 is 1.81 bits per heavy atom. The van der Waals surface area contributed by atoms with E-state index in [0.29, 0.717) is 5.41 Å². The van der Waals surface area contributed by atoms with Crippen molar-refractivity contribution in [3.63, 3.8) is 0 Å². The van der Waals surface area contributed by atoms with Gasteiger partial charge in [-0.2, -0.15) is 0 Å². The molecule has 1 aromatic carbocycles. The van der Waals surface area contributed by atoms with Gasteiger partial charge in [-0.15, -0.1) is 0 Å². The smallest absolute Gasteiger partial charge is 0.0205 e. The molecule has 0 unspecified atom stereocenters. The van der Waals surface area contributed by atoms with Crippen LogP contribution in [-0.2, 0) is 13.0 Å². The Kier molecular flexibility index (Phi) is 5.01. The van der Waals surface area contributed by atoms with Crippen molar-refractivity contribution in [1.82, 2.24) is 5.32 Å². The van der Waals surface area contributed by atoms with Crippen LogP contribution in [0.15, 0.2) is 24.3 Å². The number of hydrogen-bond acceptors (Lipinski definition) is 1. The van der Waals surface area contributed by atoms with Crippen LogP contribution in [0.25, 0.3) is 0 Å². The van der Waals surface area contributed by atoms with Crippen LogP contribution in [0.5, 0.6) is 0 Å². The SMILES string of the molecule is CCCc1cccc(CNCC(C)(C)C)c1. The van der Waals surface area contributed by atoms with Crippen molar-refractivity contribution >= 4 is 0 Å². The number of nitrogens with one attached hydrogen (secondary N) is 1. The summed E-state index contributed by atoms with van der Waals surface area (Å²) < 4.78 is 0. The van der Waals surface area contributed by atoms with Gasteiger partial charge in [0.15, 0.2) is 0 Å². The van der Waals surface area contributed by atoms with E-state index in [4.69, 9.17) is 0 Å². The number of aryl methyl sites for hydroxylation is 1. The third-order valence-corrected chi connectivity index (χ3v) is 2.51. The molecule has 1 aromatic rings. The molecule has 1 nitrogen and oxygen atoms in total. The van der Waals surface area contributed by atoms with Crippen molar-refractivity contribution in [1.29, 1.82) is 0 Å². The fourth-order valence-corrected chi connectivity index (χ4v) is 1.77. The number of hydrogen-bond donors (Lipinski definition) is 1. The first kappa shape index (κ1) is 13.2. The molecule has 0 saturated carbocycles. The lowest BCUT2D eigenvalue weighted by Crippen LogP contribution is -2.26. The Balaban J connectivity index is 2.44. The maximum Gasteiger partial charge on any atom is 0.0205 e. The molecule has 1 heteroatoms. The molecule has 0 atom stereocenters. The minimum absolute atomic E-state index is 0.362. The fourth-order valence-electron chi connectivity index (χ4n) is 1.77. The van der Waals surface area contributed by atoms with E-state index >= 15 is 0 Å². The summed E-state index contributed by atoms with van der Waals surface area (Å²) in [6.45, 7) is 11.0. The molecular weight excluding hydrogens is 194 g/mol. The maximum atomic E-state index is 3.51. The zero-order chi connectivity index (χ0) is 12.0. The first-order valence-electron chi connectivity index (χ1n) is 6.30. The van der Waals surface area contributed by atoms with E-state index in [9.17, 15) is 0 Å². The normalized spacial score (nSPS) is 11.8. The zero-order valence-corrected chi connectivity index (χ0v) is 11.1. The van der Waals surface area contributed by atoms with Gasteiger partial charge < -0.3 is 5.32 Å². The highest BCUT2D eigenvalue weighted by Crippen LogP contribution is 2.11. The van der Waals surface area contributed by atoms with E-state index in [2.05, 4.69) is 57.3 Å². The molecule has 0 saturated heterocycles. The summed E-state index contributed by atoms with van der Waals surface area (Å²) in [5, 5.41) is 3.51. The monoisotopic (exact) mass is 219 g/mol. The van der Waals surface area contributed by atoms with Crippen LogP contribution in [0, 0.1) is 5.41 Å². The lowest BCUT2D eigenvalue weighted by molar-refractivity contribution is 0.379. The van der Waals surface area contributed by atoms with Crippen molar-refractivity contribution in [3.05, 3.63) is 35.4 Å². The van der Waals surface area contributed by atoms with Crippen molar-refractivity contribution in [2.24, 2.45) is 5.41 Å². The quantitative estimate of drug-likeness (QED) is 0.795. The van der Waals surface area contributed by atoms with E-state index in [1.807, 2.05) is 0 Å². The van der Waals surface area contributed by atoms with Gasteiger partial charge in [0.2, 0.25) is 0 Å². The van der Waals surface area contributed by atoms with Crippen LogP contribution in [0.3, 0.4) is 0 Å². The minimum atomic E-state index is 0.362. The molecule has 0 amide bonds. The van der Waals surface area contributed by atoms with E-state index in [1.54, 1.807) is 0 Å². The maximum absolute atomic E-state index is 3.51. The van der Waals surface area contributed by atoms with Crippen LogP contribution in [0.2, 0.25) is 0 Å². The summed E-state index contributed by atoms with van der Waals surface area (Å²) in [5.74, 6) is 0. The standard InChI is InChI=1S/C15H25N/c1-5-7-13-8-6-9-14(10-13)11-16-12-15(2,3)4/h6,8-10,16H,5,7,11-12H2,1-4H3. The first-order valence-corrected chi connectivity index (χ1v) is 6.30.